The van der Waals surface area contributed by atoms with Gasteiger partial charge in [-0.2, -0.15) is 0 Å². The van der Waals surface area contributed by atoms with Crippen molar-refractivity contribution in [2.75, 3.05) is 0 Å². The molecule has 0 atom stereocenters. The van der Waals surface area contributed by atoms with E-state index in [9.17, 15) is 0 Å². The van der Waals surface area contributed by atoms with Crippen molar-refractivity contribution in [3.05, 3.63) is 57.1 Å². The van der Waals surface area contributed by atoms with Gasteiger partial charge in [0, 0.05) is 4.47 Å². The van der Waals surface area contributed by atoms with Crippen LogP contribution in [0.5, 0.6) is 0 Å². The molecule has 0 fully saturated rings. The molecular weight excluding hydrogens is 368 g/mol. The Morgan fingerprint density at radius 1 is 0.680 bits per heavy atom. The maximum atomic E-state index is 3.87. The van der Waals surface area contributed by atoms with Crippen LogP contribution in [0.15, 0.2) is 34.8 Å². The highest BCUT2D eigenvalue weighted by Gasteiger charge is 2.20. The van der Waals surface area contributed by atoms with Crippen LogP contribution in [0.1, 0.15) is 61.8 Å². The van der Waals surface area contributed by atoms with Crippen LogP contribution >= 0.6 is 15.9 Å². The lowest BCUT2D eigenvalue weighted by Gasteiger charge is -2.22. The zero-order valence-electron chi connectivity index (χ0n) is 15.9. The molecule has 0 saturated heterocycles. The molecule has 0 N–H and O–H groups in total. The quantitative estimate of drug-likeness (QED) is 0.301. The predicted octanol–water partition coefficient (Wildman–Crippen LogP) is 8.21. The molecule has 25 heavy (non-hydrogen) atoms. The summed E-state index contributed by atoms with van der Waals surface area (Å²) >= 11 is 3.87. The van der Waals surface area contributed by atoms with Crippen LogP contribution in [0.25, 0.3) is 32.3 Å². The van der Waals surface area contributed by atoms with Gasteiger partial charge in [0.15, 0.2) is 0 Å². The van der Waals surface area contributed by atoms with Crippen molar-refractivity contribution in [1.29, 1.82) is 0 Å². The van der Waals surface area contributed by atoms with E-state index in [0.717, 1.165) is 0 Å². The minimum atomic E-state index is 0.505. The molecule has 4 aromatic rings. The van der Waals surface area contributed by atoms with Gasteiger partial charge < -0.3 is 0 Å². The maximum absolute atomic E-state index is 3.87. The molecule has 0 spiro atoms. The second-order valence-corrected chi connectivity index (χ2v) is 8.92. The number of hydrogen-bond donors (Lipinski definition) is 0. The summed E-state index contributed by atoms with van der Waals surface area (Å²) in [6, 6.07) is 11.7. The molecule has 4 rings (SSSR count). The van der Waals surface area contributed by atoms with Crippen molar-refractivity contribution in [1.82, 2.24) is 0 Å². The minimum absolute atomic E-state index is 0.505. The van der Waals surface area contributed by atoms with Crippen LogP contribution in [0, 0.1) is 13.8 Å². The number of aryl methyl sites for hydroxylation is 2. The monoisotopic (exact) mass is 392 g/mol. The molecule has 0 amide bonds. The number of halogens is 1. The molecule has 1 heteroatoms. The first-order valence-corrected chi connectivity index (χ1v) is 10.0. The van der Waals surface area contributed by atoms with Gasteiger partial charge in [0.25, 0.3) is 0 Å². The molecule has 0 aliphatic rings. The predicted molar refractivity (Wildman–Crippen MR) is 115 cm³/mol. The summed E-state index contributed by atoms with van der Waals surface area (Å²) in [6.45, 7) is 13.7. The summed E-state index contributed by atoms with van der Waals surface area (Å²) in [5.41, 5.74) is 5.67. The average molecular weight is 393 g/mol. The van der Waals surface area contributed by atoms with Crippen molar-refractivity contribution < 1.29 is 0 Å². The first kappa shape index (κ1) is 16.8. The fourth-order valence-electron chi connectivity index (χ4n) is 4.49. The zero-order valence-corrected chi connectivity index (χ0v) is 17.5. The highest BCUT2D eigenvalue weighted by atomic mass is 79.9. The Bertz CT molecular complexity index is 1120. The summed E-state index contributed by atoms with van der Waals surface area (Å²) in [4.78, 5) is 0. The molecule has 0 unspecified atom stereocenters. The number of benzene rings is 4. The van der Waals surface area contributed by atoms with Crippen molar-refractivity contribution in [3.8, 4) is 0 Å². The molecular formula is C24H25Br. The Kier molecular flexibility index (Phi) is 3.85. The number of rotatable bonds is 2. The second kappa shape index (κ2) is 5.71. The Morgan fingerprint density at radius 2 is 1.28 bits per heavy atom. The van der Waals surface area contributed by atoms with Crippen molar-refractivity contribution in [2.24, 2.45) is 0 Å². The lowest BCUT2D eigenvalue weighted by Crippen LogP contribution is -1.99. The molecule has 0 aliphatic heterocycles. The second-order valence-electron chi connectivity index (χ2n) is 8.07. The molecule has 4 aromatic carbocycles. The Balaban J connectivity index is 2.40. The van der Waals surface area contributed by atoms with E-state index in [2.05, 4.69) is 87.8 Å². The van der Waals surface area contributed by atoms with Crippen molar-refractivity contribution >= 4 is 48.2 Å². The van der Waals surface area contributed by atoms with Crippen LogP contribution < -0.4 is 0 Å². The average Bonchev–Trinajstić information content (AvgIpc) is 2.54. The summed E-state index contributed by atoms with van der Waals surface area (Å²) in [5, 5.41) is 8.51. The Morgan fingerprint density at radius 3 is 1.92 bits per heavy atom. The van der Waals surface area contributed by atoms with Crippen molar-refractivity contribution in [3.63, 3.8) is 0 Å². The van der Waals surface area contributed by atoms with Crippen LogP contribution in [-0.2, 0) is 0 Å². The highest BCUT2D eigenvalue weighted by Crippen LogP contribution is 2.45. The topological polar surface area (TPSA) is 0 Å². The lowest BCUT2D eigenvalue weighted by molar-refractivity contribution is 0.874. The van der Waals surface area contributed by atoms with E-state index < -0.39 is 0 Å². The zero-order chi connectivity index (χ0) is 18.0. The highest BCUT2D eigenvalue weighted by molar-refractivity contribution is 9.10. The Labute approximate surface area is 158 Å². The normalized spacial score (nSPS) is 12.5. The fraction of sp³-hybridized carbons (Fsp3) is 0.333. The van der Waals surface area contributed by atoms with E-state index >= 15 is 0 Å². The van der Waals surface area contributed by atoms with Crippen LogP contribution in [0.2, 0.25) is 0 Å². The van der Waals surface area contributed by atoms with Gasteiger partial charge in [-0.15, -0.1) is 0 Å². The summed E-state index contributed by atoms with van der Waals surface area (Å²) < 4.78 is 1.22. The third-order valence-corrected chi connectivity index (χ3v) is 6.29. The van der Waals surface area contributed by atoms with Gasteiger partial charge >= 0.3 is 0 Å². The van der Waals surface area contributed by atoms with Gasteiger partial charge in [0.1, 0.15) is 0 Å². The van der Waals surface area contributed by atoms with E-state index in [1.807, 2.05) is 0 Å². The van der Waals surface area contributed by atoms with Gasteiger partial charge in [-0.1, -0.05) is 61.8 Å². The Hall–Kier alpha value is -1.60. The van der Waals surface area contributed by atoms with Gasteiger partial charge in [-0.25, -0.2) is 0 Å². The third-order valence-electron chi connectivity index (χ3n) is 5.63. The largest absolute Gasteiger partial charge is 0.0587 e. The van der Waals surface area contributed by atoms with E-state index in [1.54, 1.807) is 0 Å². The van der Waals surface area contributed by atoms with Crippen LogP contribution in [-0.4, -0.2) is 0 Å². The smallest absolute Gasteiger partial charge is 0.0257 e. The fourth-order valence-corrected chi connectivity index (χ4v) is 5.05. The van der Waals surface area contributed by atoms with E-state index in [0.29, 0.717) is 11.8 Å². The molecule has 0 radical (unpaired) electrons. The van der Waals surface area contributed by atoms with Crippen LogP contribution in [0.4, 0.5) is 0 Å². The molecule has 0 aromatic heterocycles. The molecule has 0 heterocycles. The first-order valence-electron chi connectivity index (χ1n) is 9.22. The summed E-state index contributed by atoms with van der Waals surface area (Å²) in [5.74, 6) is 1.03. The van der Waals surface area contributed by atoms with Gasteiger partial charge in [-0.05, 0) is 92.4 Å². The van der Waals surface area contributed by atoms with Gasteiger partial charge in [-0.3, -0.25) is 0 Å². The molecule has 128 valence electrons. The number of hydrogen-bond acceptors (Lipinski definition) is 0. The van der Waals surface area contributed by atoms with Crippen LogP contribution in [0.3, 0.4) is 0 Å². The van der Waals surface area contributed by atoms with E-state index in [-0.39, 0.29) is 0 Å². The molecule has 0 saturated carbocycles. The molecule has 0 aliphatic carbocycles. The lowest BCUT2D eigenvalue weighted by atomic mass is 9.82. The third kappa shape index (κ3) is 2.32. The standard InChI is InChI=1S/C24H25Br/c1-12(2)17-8-7-16-9-14(5)22-18(13(3)4)11-20(25)19-10-15(6)21(17)23(16)24(19)22/h7-13H,1-6H3. The SMILES string of the molecule is Cc1cc2c(Br)cc(C(C)C)c3c(C)cc4ccc(C(C)C)c1c4c23. The maximum Gasteiger partial charge on any atom is 0.0257 e. The minimum Gasteiger partial charge on any atom is -0.0587 e. The van der Waals surface area contributed by atoms with E-state index in [4.69, 9.17) is 0 Å². The van der Waals surface area contributed by atoms with Crippen molar-refractivity contribution in [2.45, 2.75) is 53.4 Å². The van der Waals surface area contributed by atoms with Gasteiger partial charge in [0.05, 0.1) is 0 Å². The summed E-state index contributed by atoms with van der Waals surface area (Å²) in [6.07, 6.45) is 0. The molecule has 0 nitrogen and oxygen atoms in total. The molecule has 0 bridgehead atoms. The van der Waals surface area contributed by atoms with E-state index in [1.165, 1.54) is 59.0 Å². The first-order chi connectivity index (χ1) is 11.8. The summed E-state index contributed by atoms with van der Waals surface area (Å²) in [7, 11) is 0. The van der Waals surface area contributed by atoms with Gasteiger partial charge in [0.2, 0.25) is 0 Å².